The number of carbonyl (C=O) groups is 2. The van der Waals surface area contributed by atoms with Gasteiger partial charge in [0.1, 0.15) is 6.29 Å². The first-order valence-electron chi connectivity index (χ1n) is 3.25. The van der Waals surface area contributed by atoms with Crippen molar-refractivity contribution < 1.29 is 14.3 Å². The molecule has 10 heavy (non-hydrogen) atoms. The van der Waals surface area contributed by atoms with E-state index in [9.17, 15) is 9.59 Å². The van der Waals surface area contributed by atoms with E-state index in [1.54, 1.807) is 0 Å². The SMILES string of the molecule is COC(=O)[C@H]1[C@@H](C)[C@H]1C=O. The highest BCUT2D eigenvalue weighted by atomic mass is 16.5. The van der Waals surface area contributed by atoms with Gasteiger partial charge in [-0.05, 0) is 5.92 Å². The van der Waals surface area contributed by atoms with Gasteiger partial charge in [0.25, 0.3) is 0 Å². The number of aldehydes is 1. The average Bonchev–Trinajstić information content (AvgIpc) is 2.59. The van der Waals surface area contributed by atoms with Crippen LogP contribution in [-0.2, 0) is 14.3 Å². The lowest BCUT2D eigenvalue weighted by molar-refractivity contribution is -0.143. The molecule has 0 bridgehead atoms. The van der Waals surface area contributed by atoms with Crippen molar-refractivity contribution >= 4 is 12.3 Å². The van der Waals surface area contributed by atoms with Crippen LogP contribution in [0.4, 0.5) is 0 Å². The molecule has 0 amide bonds. The first-order chi connectivity index (χ1) is 4.72. The number of ether oxygens (including phenoxy) is 1. The second kappa shape index (κ2) is 2.40. The van der Waals surface area contributed by atoms with Crippen LogP contribution in [-0.4, -0.2) is 19.4 Å². The lowest BCUT2D eigenvalue weighted by Gasteiger charge is -1.92. The summed E-state index contributed by atoms with van der Waals surface area (Å²) in [6.45, 7) is 1.88. The Morgan fingerprint density at radius 1 is 1.60 bits per heavy atom. The summed E-state index contributed by atoms with van der Waals surface area (Å²) < 4.78 is 4.48. The van der Waals surface area contributed by atoms with Crippen LogP contribution in [0.2, 0.25) is 0 Å². The second-order valence-corrected chi connectivity index (χ2v) is 2.62. The number of hydrogen-bond acceptors (Lipinski definition) is 3. The topological polar surface area (TPSA) is 43.4 Å². The van der Waals surface area contributed by atoms with Crippen LogP contribution in [0, 0.1) is 17.8 Å². The Kier molecular flexibility index (Phi) is 1.74. The third-order valence-electron chi connectivity index (χ3n) is 2.08. The van der Waals surface area contributed by atoms with E-state index in [1.807, 2.05) is 6.92 Å². The second-order valence-electron chi connectivity index (χ2n) is 2.62. The van der Waals surface area contributed by atoms with Crippen LogP contribution in [0.15, 0.2) is 0 Å². The normalized spacial score (nSPS) is 36.8. The van der Waals surface area contributed by atoms with Crippen molar-refractivity contribution in [1.82, 2.24) is 0 Å². The van der Waals surface area contributed by atoms with Crippen LogP contribution in [0.3, 0.4) is 0 Å². The first-order valence-corrected chi connectivity index (χ1v) is 3.25. The molecule has 1 rings (SSSR count). The van der Waals surface area contributed by atoms with Crippen molar-refractivity contribution in [2.75, 3.05) is 7.11 Å². The number of esters is 1. The highest BCUT2D eigenvalue weighted by Gasteiger charge is 2.52. The molecular formula is C7H10O3. The van der Waals surface area contributed by atoms with Crippen molar-refractivity contribution in [3.05, 3.63) is 0 Å². The first kappa shape index (κ1) is 7.25. The zero-order chi connectivity index (χ0) is 7.72. The minimum atomic E-state index is -0.260. The van der Waals surface area contributed by atoms with Gasteiger partial charge in [-0.1, -0.05) is 6.92 Å². The van der Waals surface area contributed by atoms with E-state index in [4.69, 9.17) is 0 Å². The molecule has 1 saturated carbocycles. The highest BCUT2D eigenvalue weighted by molar-refractivity contribution is 5.82. The molecule has 3 atom stereocenters. The lowest BCUT2D eigenvalue weighted by atomic mass is 10.3. The van der Waals surface area contributed by atoms with E-state index >= 15 is 0 Å². The Hall–Kier alpha value is -0.860. The predicted octanol–water partition coefficient (Wildman–Crippen LogP) is 0.240. The molecule has 0 radical (unpaired) electrons. The summed E-state index contributed by atoms with van der Waals surface area (Å²) in [5, 5.41) is 0. The predicted molar refractivity (Wildman–Crippen MR) is 34.2 cm³/mol. The third kappa shape index (κ3) is 0.916. The number of hydrogen-bond donors (Lipinski definition) is 0. The van der Waals surface area contributed by atoms with Crippen LogP contribution < -0.4 is 0 Å². The van der Waals surface area contributed by atoms with Gasteiger partial charge >= 0.3 is 5.97 Å². The van der Waals surface area contributed by atoms with Gasteiger partial charge in [-0.2, -0.15) is 0 Å². The summed E-state index contributed by atoms with van der Waals surface area (Å²) in [6.07, 6.45) is 0.826. The van der Waals surface area contributed by atoms with Crippen LogP contribution in [0.25, 0.3) is 0 Å². The monoisotopic (exact) mass is 142 g/mol. The number of rotatable bonds is 2. The summed E-state index contributed by atoms with van der Waals surface area (Å²) in [5.74, 6) is -0.329. The summed E-state index contributed by atoms with van der Waals surface area (Å²) in [5.41, 5.74) is 0. The summed E-state index contributed by atoms with van der Waals surface area (Å²) in [4.78, 5) is 21.0. The Bertz CT molecular complexity index is 164. The molecule has 0 unspecified atom stereocenters. The van der Waals surface area contributed by atoms with Crippen molar-refractivity contribution in [1.29, 1.82) is 0 Å². The molecule has 3 nitrogen and oxygen atoms in total. The fourth-order valence-corrected chi connectivity index (χ4v) is 1.21. The van der Waals surface area contributed by atoms with E-state index in [0.717, 1.165) is 6.29 Å². The van der Waals surface area contributed by atoms with Gasteiger partial charge in [-0.3, -0.25) is 4.79 Å². The third-order valence-corrected chi connectivity index (χ3v) is 2.08. The van der Waals surface area contributed by atoms with Crippen LogP contribution in [0.5, 0.6) is 0 Å². The van der Waals surface area contributed by atoms with Crippen molar-refractivity contribution in [3.63, 3.8) is 0 Å². The molecule has 0 heterocycles. The van der Waals surface area contributed by atoms with Crippen molar-refractivity contribution in [3.8, 4) is 0 Å². The molecule has 0 aromatic carbocycles. The van der Waals surface area contributed by atoms with E-state index < -0.39 is 0 Å². The maximum atomic E-state index is 10.8. The molecule has 0 aromatic heterocycles. The van der Waals surface area contributed by atoms with E-state index in [1.165, 1.54) is 7.11 Å². The van der Waals surface area contributed by atoms with Gasteiger partial charge in [0.2, 0.25) is 0 Å². The quantitative estimate of drug-likeness (QED) is 0.409. The Morgan fingerprint density at radius 3 is 2.50 bits per heavy atom. The molecular weight excluding hydrogens is 132 g/mol. The molecule has 56 valence electrons. The van der Waals surface area contributed by atoms with Crippen molar-refractivity contribution in [2.24, 2.45) is 17.8 Å². The largest absolute Gasteiger partial charge is 0.469 e. The lowest BCUT2D eigenvalue weighted by Crippen LogP contribution is -2.05. The summed E-state index contributed by atoms with van der Waals surface area (Å²) >= 11 is 0. The highest BCUT2D eigenvalue weighted by Crippen LogP contribution is 2.44. The molecule has 1 aliphatic carbocycles. The minimum absolute atomic E-state index is 0.0903. The molecule has 0 aromatic rings. The van der Waals surface area contributed by atoms with E-state index in [0.29, 0.717) is 0 Å². The smallest absolute Gasteiger partial charge is 0.309 e. The maximum Gasteiger partial charge on any atom is 0.309 e. The molecule has 1 aliphatic rings. The molecule has 0 aliphatic heterocycles. The maximum absolute atomic E-state index is 10.8. The van der Waals surface area contributed by atoms with E-state index in [-0.39, 0.29) is 23.7 Å². The number of carbonyl (C=O) groups excluding carboxylic acids is 2. The van der Waals surface area contributed by atoms with Gasteiger partial charge < -0.3 is 9.53 Å². The summed E-state index contributed by atoms with van der Waals surface area (Å²) in [7, 11) is 1.34. The minimum Gasteiger partial charge on any atom is -0.469 e. The standard InChI is InChI=1S/C7H10O3/c1-4-5(3-8)6(4)7(9)10-2/h3-6H,1-2H3/t4-,5+,6-/m0/s1. The molecule has 3 heteroatoms. The van der Waals surface area contributed by atoms with Crippen molar-refractivity contribution in [2.45, 2.75) is 6.92 Å². The molecule has 0 spiro atoms. The molecule has 0 N–H and O–H groups in total. The van der Waals surface area contributed by atoms with Gasteiger partial charge in [-0.15, -0.1) is 0 Å². The average molecular weight is 142 g/mol. The number of methoxy groups -OCH3 is 1. The zero-order valence-corrected chi connectivity index (χ0v) is 6.03. The zero-order valence-electron chi connectivity index (χ0n) is 6.03. The molecule has 0 saturated heterocycles. The van der Waals surface area contributed by atoms with Crippen LogP contribution >= 0.6 is 0 Å². The fraction of sp³-hybridized carbons (Fsp3) is 0.714. The Balaban J connectivity index is 2.47. The van der Waals surface area contributed by atoms with Crippen LogP contribution in [0.1, 0.15) is 6.92 Å². The Morgan fingerprint density at radius 2 is 2.20 bits per heavy atom. The Labute approximate surface area is 59.4 Å². The van der Waals surface area contributed by atoms with Gasteiger partial charge in [0, 0.05) is 5.92 Å². The van der Waals surface area contributed by atoms with Gasteiger partial charge in [0.05, 0.1) is 13.0 Å². The van der Waals surface area contributed by atoms with Gasteiger partial charge in [0.15, 0.2) is 0 Å². The molecule has 1 fully saturated rings. The fourth-order valence-electron chi connectivity index (χ4n) is 1.21. The summed E-state index contributed by atoms with van der Waals surface area (Å²) in [6, 6.07) is 0. The van der Waals surface area contributed by atoms with E-state index in [2.05, 4.69) is 4.74 Å². The van der Waals surface area contributed by atoms with Gasteiger partial charge in [-0.25, -0.2) is 0 Å².